The second-order valence-corrected chi connectivity index (χ2v) is 6.05. The van der Waals surface area contributed by atoms with Gasteiger partial charge in [0.25, 0.3) is 0 Å². The number of hydrogen-bond donors (Lipinski definition) is 0. The van der Waals surface area contributed by atoms with Gasteiger partial charge in [-0.05, 0) is 30.9 Å². The maximum Gasteiger partial charge on any atom is 0.247 e. The van der Waals surface area contributed by atoms with E-state index in [0.29, 0.717) is 0 Å². The van der Waals surface area contributed by atoms with Gasteiger partial charge in [0.2, 0.25) is 5.95 Å². The monoisotopic (exact) mass is 295 g/mol. The average Bonchev–Trinajstić information content (AvgIpc) is 2.81. The summed E-state index contributed by atoms with van der Waals surface area (Å²) >= 11 is 0. The van der Waals surface area contributed by atoms with Gasteiger partial charge in [-0.2, -0.15) is 10.1 Å². The fourth-order valence-corrected chi connectivity index (χ4v) is 3.40. The first-order chi connectivity index (χ1) is 10.9. The lowest BCUT2D eigenvalue weighted by Crippen LogP contribution is -2.27. The molecule has 5 nitrogen and oxygen atoms in total. The minimum absolute atomic E-state index is 0.781. The predicted molar refractivity (Wildman–Crippen MR) is 87.7 cm³/mol. The number of aromatic nitrogens is 3. The fraction of sp³-hybridized carbons (Fsp3) is 0.471. The third-order valence-electron chi connectivity index (χ3n) is 4.59. The van der Waals surface area contributed by atoms with Crippen LogP contribution in [0.5, 0.6) is 0 Å². The van der Waals surface area contributed by atoms with E-state index in [2.05, 4.69) is 44.3 Å². The maximum absolute atomic E-state index is 4.80. The Morgan fingerprint density at radius 1 is 0.909 bits per heavy atom. The van der Waals surface area contributed by atoms with Crippen LogP contribution in [-0.2, 0) is 6.42 Å². The van der Waals surface area contributed by atoms with Gasteiger partial charge in [0.05, 0.1) is 6.20 Å². The molecule has 1 aromatic heterocycles. The lowest BCUT2D eigenvalue weighted by atomic mass is 10.2. The molecule has 0 saturated carbocycles. The number of hydrogen-bond acceptors (Lipinski definition) is 5. The van der Waals surface area contributed by atoms with Crippen LogP contribution in [0.25, 0.3) is 0 Å². The van der Waals surface area contributed by atoms with Crippen LogP contribution in [0.1, 0.15) is 31.2 Å². The molecule has 0 radical (unpaired) electrons. The van der Waals surface area contributed by atoms with Gasteiger partial charge in [-0.3, -0.25) is 0 Å². The molecule has 1 aromatic carbocycles. The van der Waals surface area contributed by atoms with Crippen molar-refractivity contribution in [2.75, 3.05) is 29.4 Å². The van der Waals surface area contributed by atoms with E-state index in [1.807, 2.05) is 0 Å². The fourth-order valence-electron chi connectivity index (χ4n) is 3.40. The molecule has 2 aliphatic rings. The van der Waals surface area contributed by atoms with E-state index in [9.17, 15) is 0 Å². The smallest absolute Gasteiger partial charge is 0.247 e. The molecule has 22 heavy (non-hydrogen) atoms. The maximum atomic E-state index is 4.80. The molecular formula is C17H21N5. The van der Waals surface area contributed by atoms with Gasteiger partial charge in [-0.1, -0.05) is 31.0 Å². The van der Waals surface area contributed by atoms with Crippen LogP contribution in [0.3, 0.4) is 0 Å². The van der Waals surface area contributed by atoms with Crippen molar-refractivity contribution in [2.45, 2.75) is 32.1 Å². The van der Waals surface area contributed by atoms with Gasteiger partial charge < -0.3 is 9.80 Å². The summed E-state index contributed by atoms with van der Waals surface area (Å²) in [4.78, 5) is 9.34. The largest absolute Gasteiger partial charge is 0.339 e. The van der Waals surface area contributed by atoms with Crippen LogP contribution in [0.4, 0.5) is 17.5 Å². The van der Waals surface area contributed by atoms with E-state index >= 15 is 0 Å². The lowest BCUT2D eigenvalue weighted by Gasteiger charge is -2.22. The molecule has 0 aliphatic carbocycles. The van der Waals surface area contributed by atoms with Crippen molar-refractivity contribution in [1.29, 1.82) is 0 Å². The highest BCUT2D eigenvalue weighted by Crippen LogP contribution is 2.33. The van der Waals surface area contributed by atoms with Crippen molar-refractivity contribution in [1.82, 2.24) is 15.2 Å². The number of nitrogens with zero attached hydrogens (tertiary/aromatic N) is 5. The minimum Gasteiger partial charge on any atom is -0.339 e. The Hall–Kier alpha value is -2.17. The summed E-state index contributed by atoms with van der Waals surface area (Å²) in [5.74, 6) is 1.70. The zero-order valence-electron chi connectivity index (χ0n) is 12.8. The molecule has 4 rings (SSSR count). The van der Waals surface area contributed by atoms with Crippen molar-refractivity contribution in [3.63, 3.8) is 0 Å². The van der Waals surface area contributed by atoms with Crippen LogP contribution >= 0.6 is 0 Å². The van der Waals surface area contributed by atoms with Crippen LogP contribution < -0.4 is 9.80 Å². The third kappa shape index (κ3) is 2.51. The average molecular weight is 295 g/mol. The quantitative estimate of drug-likeness (QED) is 0.852. The Morgan fingerprint density at radius 3 is 2.59 bits per heavy atom. The van der Waals surface area contributed by atoms with Gasteiger partial charge in [-0.15, -0.1) is 5.10 Å². The molecule has 0 spiro atoms. The Kier molecular flexibility index (Phi) is 3.62. The van der Waals surface area contributed by atoms with Crippen LogP contribution in [0.15, 0.2) is 30.5 Å². The second kappa shape index (κ2) is 5.91. The van der Waals surface area contributed by atoms with E-state index in [4.69, 9.17) is 4.98 Å². The van der Waals surface area contributed by atoms with Crippen molar-refractivity contribution in [3.05, 3.63) is 36.0 Å². The number of fused-ring (bicyclic) bond motifs is 1. The van der Waals surface area contributed by atoms with Crippen molar-refractivity contribution < 1.29 is 0 Å². The Morgan fingerprint density at radius 2 is 1.73 bits per heavy atom. The molecule has 0 bridgehead atoms. The summed E-state index contributed by atoms with van der Waals surface area (Å²) in [6, 6.07) is 8.54. The van der Waals surface area contributed by atoms with E-state index < -0.39 is 0 Å². The van der Waals surface area contributed by atoms with Crippen molar-refractivity contribution in [3.8, 4) is 0 Å². The molecular weight excluding hydrogens is 274 g/mol. The molecule has 1 fully saturated rings. The number of anilines is 3. The zero-order valence-corrected chi connectivity index (χ0v) is 12.8. The highest BCUT2D eigenvalue weighted by atomic mass is 15.4. The highest BCUT2D eigenvalue weighted by Gasteiger charge is 2.22. The lowest BCUT2D eigenvalue weighted by molar-refractivity contribution is 0.726. The van der Waals surface area contributed by atoms with Gasteiger partial charge in [0.1, 0.15) is 0 Å². The molecule has 1 saturated heterocycles. The SMILES string of the molecule is c1ccc2c(c1)CCN2c1cnnc(N2CCCCCC2)n1. The first-order valence-corrected chi connectivity index (χ1v) is 8.22. The Bertz CT molecular complexity index is 649. The van der Waals surface area contributed by atoms with Gasteiger partial charge >= 0.3 is 0 Å². The normalized spacial score (nSPS) is 18.2. The summed E-state index contributed by atoms with van der Waals surface area (Å²) in [6.07, 6.45) is 7.91. The third-order valence-corrected chi connectivity index (χ3v) is 4.59. The molecule has 0 amide bonds. The number of para-hydroxylation sites is 1. The van der Waals surface area contributed by atoms with E-state index in [0.717, 1.165) is 37.8 Å². The van der Waals surface area contributed by atoms with Gasteiger partial charge in [0, 0.05) is 25.3 Å². The zero-order chi connectivity index (χ0) is 14.8. The summed E-state index contributed by atoms with van der Waals surface area (Å²) in [5.41, 5.74) is 2.64. The molecule has 0 N–H and O–H groups in total. The van der Waals surface area contributed by atoms with Gasteiger partial charge in [0.15, 0.2) is 5.82 Å². The predicted octanol–water partition coefficient (Wildman–Crippen LogP) is 2.95. The van der Waals surface area contributed by atoms with E-state index in [1.54, 1.807) is 6.20 Å². The second-order valence-electron chi connectivity index (χ2n) is 6.05. The first-order valence-electron chi connectivity index (χ1n) is 8.22. The summed E-state index contributed by atoms with van der Waals surface area (Å²) in [5, 5.41) is 8.48. The molecule has 5 heteroatoms. The summed E-state index contributed by atoms with van der Waals surface area (Å²) in [6.45, 7) is 3.06. The Balaban J connectivity index is 1.62. The minimum atomic E-state index is 0.781. The molecule has 3 heterocycles. The van der Waals surface area contributed by atoms with Crippen LogP contribution in [-0.4, -0.2) is 34.8 Å². The van der Waals surface area contributed by atoms with E-state index in [1.165, 1.54) is 36.9 Å². The standard InChI is InChI=1S/C17H21N5/c1-2-6-11-21(10-5-1)17-19-16(13-18-20-17)22-12-9-14-7-3-4-8-15(14)22/h3-4,7-8,13H,1-2,5-6,9-12H2. The van der Waals surface area contributed by atoms with Crippen LogP contribution in [0.2, 0.25) is 0 Å². The molecule has 2 aromatic rings. The van der Waals surface area contributed by atoms with Crippen LogP contribution in [0, 0.1) is 0 Å². The van der Waals surface area contributed by atoms with Crippen molar-refractivity contribution in [2.24, 2.45) is 0 Å². The van der Waals surface area contributed by atoms with Gasteiger partial charge in [-0.25, -0.2) is 0 Å². The highest BCUT2D eigenvalue weighted by molar-refractivity contribution is 5.67. The molecule has 2 aliphatic heterocycles. The number of benzene rings is 1. The summed E-state index contributed by atoms with van der Waals surface area (Å²) < 4.78 is 0. The van der Waals surface area contributed by atoms with Crippen molar-refractivity contribution >= 4 is 17.5 Å². The first kappa shape index (κ1) is 13.5. The topological polar surface area (TPSA) is 45.2 Å². The summed E-state index contributed by atoms with van der Waals surface area (Å²) in [7, 11) is 0. The van der Waals surface area contributed by atoms with E-state index in [-0.39, 0.29) is 0 Å². The number of rotatable bonds is 2. The Labute approximate surface area is 131 Å². The molecule has 0 atom stereocenters. The molecule has 114 valence electrons. The molecule has 0 unspecified atom stereocenters.